The van der Waals surface area contributed by atoms with Gasteiger partial charge in [0.05, 0.1) is 5.69 Å². The minimum atomic E-state index is 0.566. The van der Waals surface area contributed by atoms with Crippen LogP contribution in [0.3, 0.4) is 0 Å². The Morgan fingerprint density at radius 2 is 2.13 bits per heavy atom. The molecule has 0 spiro atoms. The highest BCUT2D eigenvalue weighted by atomic mass is 15.3. The zero-order valence-corrected chi connectivity index (χ0v) is 9.35. The summed E-state index contributed by atoms with van der Waals surface area (Å²) < 4.78 is 0. The average Bonchev–Trinajstić information content (AvgIpc) is 2.25. The van der Waals surface area contributed by atoms with Gasteiger partial charge < -0.3 is 5.32 Å². The molecule has 4 nitrogen and oxygen atoms in total. The van der Waals surface area contributed by atoms with Crippen LogP contribution in [0.25, 0.3) is 0 Å². The molecule has 1 aliphatic rings. The van der Waals surface area contributed by atoms with E-state index >= 15 is 0 Å². The van der Waals surface area contributed by atoms with E-state index in [0.717, 1.165) is 25.3 Å². The second kappa shape index (κ2) is 4.68. The monoisotopic (exact) mass is 206 g/mol. The predicted octanol–water partition coefficient (Wildman–Crippen LogP) is 0.659. The van der Waals surface area contributed by atoms with Crippen molar-refractivity contribution in [3.63, 3.8) is 0 Å². The number of hydrogen-bond donors (Lipinski definition) is 1. The van der Waals surface area contributed by atoms with E-state index in [1.54, 1.807) is 6.20 Å². The molecule has 1 N–H and O–H groups in total. The summed E-state index contributed by atoms with van der Waals surface area (Å²) in [5, 5.41) is 11.5. The third-order valence-corrected chi connectivity index (χ3v) is 2.98. The first-order chi connectivity index (χ1) is 7.27. The summed E-state index contributed by atoms with van der Waals surface area (Å²) in [4.78, 5) is 2.47. The molecule has 0 bridgehead atoms. The molecule has 1 saturated heterocycles. The molecule has 1 aliphatic heterocycles. The van der Waals surface area contributed by atoms with Crippen molar-refractivity contribution in [2.24, 2.45) is 0 Å². The number of hydrogen-bond acceptors (Lipinski definition) is 4. The molecule has 2 rings (SSSR count). The lowest BCUT2D eigenvalue weighted by molar-refractivity contribution is 0.107. The van der Waals surface area contributed by atoms with Gasteiger partial charge in [0.2, 0.25) is 0 Å². The van der Waals surface area contributed by atoms with Gasteiger partial charge in [-0.25, -0.2) is 0 Å². The normalized spacial score (nSPS) is 27.9. The maximum Gasteiger partial charge on any atom is 0.0771 e. The Kier molecular flexibility index (Phi) is 3.28. The molecule has 0 unspecified atom stereocenters. The topological polar surface area (TPSA) is 41.0 Å². The van der Waals surface area contributed by atoms with Gasteiger partial charge in [0.1, 0.15) is 0 Å². The highest BCUT2D eigenvalue weighted by molar-refractivity contribution is 5.00. The van der Waals surface area contributed by atoms with Gasteiger partial charge >= 0.3 is 0 Å². The first-order valence-electron chi connectivity index (χ1n) is 5.50. The summed E-state index contributed by atoms with van der Waals surface area (Å²) in [5.41, 5.74) is 1.05. The maximum atomic E-state index is 4.13. The van der Waals surface area contributed by atoms with Crippen LogP contribution in [0.5, 0.6) is 0 Å². The Balaban J connectivity index is 2.03. The van der Waals surface area contributed by atoms with E-state index in [9.17, 15) is 0 Å². The third kappa shape index (κ3) is 2.52. The van der Waals surface area contributed by atoms with Crippen molar-refractivity contribution in [3.8, 4) is 0 Å². The molecule has 0 radical (unpaired) electrons. The lowest BCUT2D eigenvalue weighted by Crippen LogP contribution is -2.54. The van der Waals surface area contributed by atoms with E-state index in [2.05, 4.69) is 34.3 Å². The number of aromatic nitrogens is 2. The zero-order chi connectivity index (χ0) is 10.7. The number of nitrogens with one attached hydrogen (secondary N) is 1. The first-order valence-corrected chi connectivity index (χ1v) is 5.50. The molecule has 1 aromatic rings. The van der Waals surface area contributed by atoms with Gasteiger partial charge in [0.25, 0.3) is 0 Å². The predicted molar refractivity (Wildman–Crippen MR) is 59.4 cm³/mol. The van der Waals surface area contributed by atoms with Crippen molar-refractivity contribution in [3.05, 3.63) is 24.0 Å². The fraction of sp³-hybridized carbons (Fsp3) is 0.636. The molecule has 0 aromatic carbocycles. The van der Waals surface area contributed by atoms with Crippen molar-refractivity contribution in [2.75, 3.05) is 13.1 Å². The van der Waals surface area contributed by atoms with E-state index in [1.807, 2.05) is 12.1 Å². The third-order valence-electron chi connectivity index (χ3n) is 2.98. The summed E-state index contributed by atoms with van der Waals surface area (Å²) in [5.74, 6) is 0. The SMILES string of the molecule is C[C@@H]1CNC[C@@H](C)N1Cc1cccnn1. The van der Waals surface area contributed by atoms with Crippen molar-refractivity contribution >= 4 is 0 Å². The lowest BCUT2D eigenvalue weighted by atomic mass is 10.1. The van der Waals surface area contributed by atoms with Crippen LogP contribution in [-0.2, 0) is 6.54 Å². The Hall–Kier alpha value is -1.00. The average molecular weight is 206 g/mol. The maximum absolute atomic E-state index is 4.13. The van der Waals surface area contributed by atoms with Gasteiger partial charge in [0.15, 0.2) is 0 Å². The van der Waals surface area contributed by atoms with Gasteiger partial charge in [-0.2, -0.15) is 10.2 Å². The van der Waals surface area contributed by atoms with Crippen LogP contribution < -0.4 is 5.32 Å². The molecule has 4 heteroatoms. The van der Waals surface area contributed by atoms with E-state index in [-0.39, 0.29) is 0 Å². The van der Waals surface area contributed by atoms with Crippen LogP contribution in [-0.4, -0.2) is 40.3 Å². The first kappa shape index (κ1) is 10.5. The minimum absolute atomic E-state index is 0.566. The van der Waals surface area contributed by atoms with E-state index in [1.165, 1.54) is 0 Å². The fourth-order valence-electron chi connectivity index (χ4n) is 2.09. The van der Waals surface area contributed by atoms with Crippen LogP contribution in [0, 0.1) is 0 Å². The molecule has 2 atom stereocenters. The molecule has 0 amide bonds. The van der Waals surface area contributed by atoms with Gasteiger partial charge in [-0.1, -0.05) is 0 Å². The highest BCUT2D eigenvalue weighted by Gasteiger charge is 2.24. The van der Waals surface area contributed by atoms with Crippen LogP contribution in [0.1, 0.15) is 19.5 Å². The Bertz CT molecular complexity index is 291. The van der Waals surface area contributed by atoms with Gasteiger partial charge in [-0.3, -0.25) is 4.90 Å². The molecule has 1 fully saturated rings. The minimum Gasteiger partial charge on any atom is -0.314 e. The Morgan fingerprint density at radius 1 is 1.40 bits per heavy atom. The Labute approximate surface area is 90.7 Å². The lowest BCUT2D eigenvalue weighted by Gasteiger charge is -2.39. The van der Waals surface area contributed by atoms with E-state index < -0.39 is 0 Å². The van der Waals surface area contributed by atoms with Gasteiger partial charge in [-0.05, 0) is 26.0 Å². The number of piperazine rings is 1. The Morgan fingerprint density at radius 3 is 2.73 bits per heavy atom. The van der Waals surface area contributed by atoms with Crippen LogP contribution in [0.4, 0.5) is 0 Å². The van der Waals surface area contributed by atoms with Gasteiger partial charge in [-0.15, -0.1) is 0 Å². The van der Waals surface area contributed by atoms with Crippen LogP contribution in [0.2, 0.25) is 0 Å². The summed E-state index contributed by atoms with van der Waals surface area (Å²) >= 11 is 0. The molecular formula is C11H18N4. The molecule has 2 heterocycles. The van der Waals surface area contributed by atoms with E-state index in [0.29, 0.717) is 12.1 Å². The van der Waals surface area contributed by atoms with Crippen molar-refractivity contribution in [1.29, 1.82) is 0 Å². The number of rotatable bonds is 2. The van der Waals surface area contributed by atoms with Crippen molar-refractivity contribution in [2.45, 2.75) is 32.5 Å². The highest BCUT2D eigenvalue weighted by Crippen LogP contribution is 2.12. The van der Waals surface area contributed by atoms with Crippen molar-refractivity contribution in [1.82, 2.24) is 20.4 Å². The summed E-state index contributed by atoms with van der Waals surface area (Å²) in [6.07, 6.45) is 1.72. The largest absolute Gasteiger partial charge is 0.314 e. The number of nitrogens with zero attached hydrogens (tertiary/aromatic N) is 3. The summed E-state index contributed by atoms with van der Waals surface area (Å²) in [7, 11) is 0. The van der Waals surface area contributed by atoms with Crippen LogP contribution in [0.15, 0.2) is 18.3 Å². The van der Waals surface area contributed by atoms with Crippen molar-refractivity contribution < 1.29 is 0 Å². The van der Waals surface area contributed by atoms with Gasteiger partial charge in [0, 0.05) is 37.9 Å². The smallest absolute Gasteiger partial charge is 0.0771 e. The molecule has 0 saturated carbocycles. The zero-order valence-electron chi connectivity index (χ0n) is 9.35. The second-order valence-corrected chi connectivity index (χ2v) is 4.24. The van der Waals surface area contributed by atoms with E-state index in [4.69, 9.17) is 0 Å². The fourth-order valence-corrected chi connectivity index (χ4v) is 2.09. The molecule has 15 heavy (non-hydrogen) atoms. The summed E-state index contributed by atoms with van der Waals surface area (Å²) in [6, 6.07) is 5.11. The molecule has 0 aliphatic carbocycles. The second-order valence-electron chi connectivity index (χ2n) is 4.24. The standard InChI is InChI=1S/C11H18N4/c1-9-6-12-7-10(2)15(9)8-11-4-3-5-13-14-11/h3-5,9-10,12H,6-8H2,1-2H3/t9-,10-/m1/s1. The molecule has 82 valence electrons. The molecular weight excluding hydrogens is 188 g/mol. The quantitative estimate of drug-likeness (QED) is 0.771. The summed E-state index contributed by atoms with van der Waals surface area (Å²) in [6.45, 7) is 7.52. The van der Waals surface area contributed by atoms with Crippen LogP contribution >= 0.6 is 0 Å². The molecule has 1 aromatic heterocycles.